The highest BCUT2D eigenvalue weighted by molar-refractivity contribution is 5.87. The molecule has 1 aromatic rings. The van der Waals surface area contributed by atoms with Crippen LogP contribution in [-0.2, 0) is 16.0 Å². The maximum atomic E-state index is 13.0. The third-order valence-electron chi connectivity index (χ3n) is 3.34. The summed E-state index contributed by atoms with van der Waals surface area (Å²) in [4.78, 5) is 23.1. The summed E-state index contributed by atoms with van der Waals surface area (Å²) in [5.41, 5.74) is -1.04. The van der Waals surface area contributed by atoms with Crippen LogP contribution in [0.2, 0.25) is 0 Å². The summed E-state index contributed by atoms with van der Waals surface area (Å²) in [5.74, 6) is -3.68. The number of benzene rings is 1. The van der Waals surface area contributed by atoms with Crippen molar-refractivity contribution in [2.24, 2.45) is 0 Å². The van der Waals surface area contributed by atoms with Gasteiger partial charge in [-0.1, -0.05) is 19.9 Å². The van der Waals surface area contributed by atoms with E-state index >= 15 is 0 Å². The van der Waals surface area contributed by atoms with Gasteiger partial charge in [-0.3, -0.25) is 4.79 Å². The molecule has 20 heavy (non-hydrogen) atoms. The van der Waals surface area contributed by atoms with Gasteiger partial charge in [-0.05, 0) is 30.5 Å². The summed E-state index contributed by atoms with van der Waals surface area (Å²) in [7, 11) is 0. The molecule has 0 aliphatic heterocycles. The van der Waals surface area contributed by atoms with Gasteiger partial charge in [-0.2, -0.15) is 0 Å². The average molecular weight is 285 g/mol. The van der Waals surface area contributed by atoms with E-state index in [2.05, 4.69) is 5.32 Å². The standard InChI is InChI=1S/C14H17F2NO3/c1-3-14(4-2,13(19)20)17-12(18)8-9-5-6-10(15)11(16)7-9/h5-7H,3-4,8H2,1-2H3,(H,17,18)(H,19,20). The predicted octanol–water partition coefficient (Wildman–Crippen LogP) is 2.27. The van der Waals surface area contributed by atoms with Crippen molar-refractivity contribution in [1.29, 1.82) is 0 Å². The number of rotatable bonds is 6. The molecule has 0 heterocycles. The second-order valence-corrected chi connectivity index (χ2v) is 4.57. The molecule has 4 nitrogen and oxygen atoms in total. The van der Waals surface area contributed by atoms with E-state index in [9.17, 15) is 23.5 Å². The maximum Gasteiger partial charge on any atom is 0.329 e. The van der Waals surface area contributed by atoms with E-state index in [1.54, 1.807) is 13.8 Å². The van der Waals surface area contributed by atoms with Gasteiger partial charge < -0.3 is 10.4 Å². The van der Waals surface area contributed by atoms with Crippen molar-refractivity contribution in [1.82, 2.24) is 5.32 Å². The van der Waals surface area contributed by atoms with Gasteiger partial charge in [0.15, 0.2) is 11.6 Å². The Morgan fingerprint density at radius 1 is 1.20 bits per heavy atom. The van der Waals surface area contributed by atoms with Crippen LogP contribution >= 0.6 is 0 Å². The Morgan fingerprint density at radius 3 is 2.25 bits per heavy atom. The molecule has 2 N–H and O–H groups in total. The van der Waals surface area contributed by atoms with Crippen LogP contribution < -0.4 is 5.32 Å². The summed E-state index contributed by atoms with van der Waals surface area (Å²) in [6.07, 6.45) is 0.275. The second kappa shape index (κ2) is 6.45. The molecule has 6 heteroatoms. The molecule has 0 spiro atoms. The quantitative estimate of drug-likeness (QED) is 0.842. The lowest BCUT2D eigenvalue weighted by atomic mass is 9.92. The molecule has 0 saturated heterocycles. The summed E-state index contributed by atoms with van der Waals surface area (Å²) < 4.78 is 25.8. The zero-order valence-electron chi connectivity index (χ0n) is 11.4. The number of carboxylic acid groups (broad SMARTS) is 1. The number of carboxylic acids is 1. The monoisotopic (exact) mass is 285 g/mol. The average Bonchev–Trinajstić information content (AvgIpc) is 2.40. The number of halogens is 2. The molecule has 1 amide bonds. The van der Waals surface area contributed by atoms with Crippen molar-refractivity contribution in [2.45, 2.75) is 38.6 Å². The van der Waals surface area contributed by atoms with Crippen molar-refractivity contribution in [3.8, 4) is 0 Å². The van der Waals surface area contributed by atoms with Crippen molar-refractivity contribution in [3.63, 3.8) is 0 Å². The summed E-state index contributed by atoms with van der Waals surface area (Å²) >= 11 is 0. The molecular weight excluding hydrogens is 268 g/mol. The SMILES string of the molecule is CCC(CC)(NC(=O)Cc1ccc(F)c(F)c1)C(=O)O. The minimum Gasteiger partial charge on any atom is -0.480 e. The van der Waals surface area contributed by atoms with Gasteiger partial charge in [0.25, 0.3) is 0 Å². The maximum absolute atomic E-state index is 13.0. The smallest absolute Gasteiger partial charge is 0.329 e. The van der Waals surface area contributed by atoms with E-state index < -0.39 is 29.0 Å². The zero-order valence-corrected chi connectivity index (χ0v) is 11.4. The molecule has 0 saturated carbocycles. The van der Waals surface area contributed by atoms with Crippen LogP contribution in [0.5, 0.6) is 0 Å². The minimum absolute atomic E-state index is 0.202. The van der Waals surface area contributed by atoms with Crippen molar-refractivity contribution in [3.05, 3.63) is 35.4 Å². The number of hydrogen-bond acceptors (Lipinski definition) is 2. The molecule has 0 aliphatic carbocycles. The zero-order chi connectivity index (χ0) is 15.3. The molecule has 0 radical (unpaired) electrons. The first kappa shape index (κ1) is 16.1. The lowest BCUT2D eigenvalue weighted by Gasteiger charge is -2.28. The molecular formula is C14H17F2NO3. The molecule has 0 bridgehead atoms. The summed E-state index contributed by atoms with van der Waals surface area (Å²) in [6, 6.07) is 3.15. The first-order valence-electron chi connectivity index (χ1n) is 6.33. The topological polar surface area (TPSA) is 66.4 Å². The fourth-order valence-electron chi connectivity index (χ4n) is 1.93. The molecule has 110 valence electrons. The molecule has 0 unspecified atom stereocenters. The Balaban J connectivity index is 2.80. The number of hydrogen-bond donors (Lipinski definition) is 2. The predicted molar refractivity (Wildman–Crippen MR) is 69.2 cm³/mol. The van der Waals surface area contributed by atoms with Crippen LogP contribution in [-0.4, -0.2) is 22.5 Å². The van der Waals surface area contributed by atoms with Crippen LogP contribution in [0, 0.1) is 11.6 Å². The van der Waals surface area contributed by atoms with Gasteiger partial charge in [0.1, 0.15) is 5.54 Å². The largest absolute Gasteiger partial charge is 0.480 e. The Hall–Kier alpha value is -1.98. The van der Waals surface area contributed by atoms with Gasteiger partial charge in [0, 0.05) is 0 Å². The highest BCUT2D eigenvalue weighted by atomic mass is 19.2. The number of carbonyl (C=O) groups is 2. The van der Waals surface area contributed by atoms with Gasteiger partial charge in [-0.15, -0.1) is 0 Å². The van der Waals surface area contributed by atoms with Crippen LogP contribution in [0.3, 0.4) is 0 Å². The fourth-order valence-corrected chi connectivity index (χ4v) is 1.93. The van der Waals surface area contributed by atoms with E-state index in [1.807, 2.05) is 0 Å². The van der Waals surface area contributed by atoms with E-state index in [-0.39, 0.29) is 24.8 Å². The second-order valence-electron chi connectivity index (χ2n) is 4.57. The number of amides is 1. The van der Waals surface area contributed by atoms with Gasteiger partial charge in [0.05, 0.1) is 6.42 Å². The van der Waals surface area contributed by atoms with E-state index in [4.69, 9.17) is 0 Å². The number of aliphatic carboxylic acids is 1. The minimum atomic E-state index is -1.32. The normalized spacial score (nSPS) is 11.2. The molecule has 0 aliphatic rings. The molecule has 1 rings (SSSR count). The van der Waals surface area contributed by atoms with E-state index in [0.717, 1.165) is 12.1 Å². The van der Waals surface area contributed by atoms with Crippen molar-refractivity contribution in [2.75, 3.05) is 0 Å². The lowest BCUT2D eigenvalue weighted by molar-refractivity contribution is -0.148. The van der Waals surface area contributed by atoms with Gasteiger partial charge in [-0.25, -0.2) is 13.6 Å². The Bertz CT molecular complexity index is 513. The fraction of sp³-hybridized carbons (Fsp3) is 0.429. The molecule has 0 aromatic heterocycles. The first-order valence-corrected chi connectivity index (χ1v) is 6.33. The molecule has 0 fully saturated rings. The Morgan fingerprint density at radius 2 is 1.80 bits per heavy atom. The van der Waals surface area contributed by atoms with Crippen molar-refractivity contribution >= 4 is 11.9 Å². The number of carbonyl (C=O) groups excluding carboxylic acids is 1. The highest BCUT2D eigenvalue weighted by Gasteiger charge is 2.36. The number of nitrogens with one attached hydrogen (secondary N) is 1. The van der Waals surface area contributed by atoms with Gasteiger partial charge >= 0.3 is 5.97 Å². The highest BCUT2D eigenvalue weighted by Crippen LogP contribution is 2.16. The third kappa shape index (κ3) is 3.53. The Kier molecular flexibility index (Phi) is 5.19. The van der Waals surface area contributed by atoms with Gasteiger partial charge in [0.2, 0.25) is 5.91 Å². The van der Waals surface area contributed by atoms with Crippen LogP contribution in [0.4, 0.5) is 8.78 Å². The Labute approximate surface area is 115 Å². The van der Waals surface area contributed by atoms with Crippen LogP contribution in [0.15, 0.2) is 18.2 Å². The van der Waals surface area contributed by atoms with Crippen LogP contribution in [0.25, 0.3) is 0 Å². The summed E-state index contributed by atoms with van der Waals surface area (Å²) in [5, 5.41) is 11.7. The molecule has 0 atom stereocenters. The summed E-state index contributed by atoms with van der Waals surface area (Å²) in [6.45, 7) is 3.32. The van der Waals surface area contributed by atoms with Crippen LogP contribution in [0.1, 0.15) is 32.3 Å². The van der Waals surface area contributed by atoms with E-state index in [1.165, 1.54) is 6.07 Å². The molecule has 1 aromatic carbocycles. The first-order chi connectivity index (χ1) is 9.34. The van der Waals surface area contributed by atoms with Crippen molar-refractivity contribution < 1.29 is 23.5 Å². The van der Waals surface area contributed by atoms with E-state index in [0.29, 0.717) is 0 Å². The third-order valence-corrected chi connectivity index (χ3v) is 3.34. The lowest BCUT2D eigenvalue weighted by Crippen LogP contribution is -2.54.